The first-order valence-electron chi connectivity index (χ1n) is 24.5. The molecule has 18 heteroatoms. The standard InChI is InChI=1S/C30H36N4O4S.C25H28N4O2S.2ClH/c1-21(2)20-34-26-14-13-23(32-15-17-33(18-16-32)29(35)38-30(3,4)5)19-25(26)28(31-34)39(36,37)27-12-8-10-22-9-6-7-11-24(22)27;1-18(2)17-29-23-11-10-20(28-14-12-26-13-15-28)16-22(23)25(27-29)32(30,31)24-9-5-7-19-6-3-4-8-21(19)24;;/h6-14,19,21H,15-18,20H2,1-5H3;3-11,16,18,26H,12-15,17H2,1-2H3;2*1H. The molecule has 2 saturated heterocycles. The first kappa shape index (κ1) is 54.9. The molecule has 0 atom stereocenters. The lowest BCUT2D eigenvalue weighted by atomic mass is 10.1. The predicted octanol–water partition coefficient (Wildman–Crippen LogP) is 10.7. The smallest absolute Gasteiger partial charge is 0.410 e. The third kappa shape index (κ3) is 11.6. The number of anilines is 2. The Morgan fingerprint density at radius 1 is 0.562 bits per heavy atom. The Hall–Kier alpha value is -5.91. The summed E-state index contributed by atoms with van der Waals surface area (Å²) in [5, 5.41) is 17.4. The topological polar surface area (TPSA) is 152 Å². The number of fused-ring (bicyclic) bond motifs is 4. The molecular formula is C55H66Cl2N8O6S2. The molecule has 0 saturated carbocycles. The zero-order valence-electron chi connectivity index (χ0n) is 42.5. The van der Waals surface area contributed by atoms with Crippen LogP contribution in [0.5, 0.6) is 0 Å². The highest BCUT2D eigenvalue weighted by molar-refractivity contribution is 7.92. The van der Waals surface area contributed by atoms with E-state index >= 15 is 0 Å². The van der Waals surface area contributed by atoms with E-state index in [1.807, 2.05) is 121 Å². The molecule has 1 N–H and O–H groups in total. The highest BCUT2D eigenvalue weighted by Crippen LogP contribution is 2.36. The van der Waals surface area contributed by atoms with Gasteiger partial charge in [0.1, 0.15) is 5.60 Å². The van der Waals surface area contributed by atoms with Crippen LogP contribution >= 0.6 is 24.8 Å². The van der Waals surface area contributed by atoms with Gasteiger partial charge in [-0.2, -0.15) is 10.2 Å². The second-order valence-electron chi connectivity index (χ2n) is 20.3. The van der Waals surface area contributed by atoms with Gasteiger partial charge in [0.2, 0.25) is 19.7 Å². The zero-order chi connectivity index (χ0) is 50.2. The van der Waals surface area contributed by atoms with E-state index in [0.29, 0.717) is 72.2 Å². The van der Waals surface area contributed by atoms with Crippen LogP contribution in [0.15, 0.2) is 141 Å². The van der Waals surface area contributed by atoms with Crippen LogP contribution in [0.2, 0.25) is 0 Å². The number of amides is 1. The van der Waals surface area contributed by atoms with Crippen LogP contribution in [0, 0.1) is 11.8 Å². The number of carbonyl (C=O) groups excluding carboxylic acids is 1. The molecule has 4 heterocycles. The summed E-state index contributed by atoms with van der Waals surface area (Å²) in [6.07, 6.45) is -0.309. The van der Waals surface area contributed by atoms with E-state index in [1.54, 1.807) is 29.2 Å². The van der Waals surface area contributed by atoms with Gasteiger partial charge in [-0.15, -0.1) is 24.8 Å². The molecule has 1 amide bonds. The van der Waals surface area contributed by atoms with Gasteiger partial charge in [-0.3, -0.25) is 9.36 Å². The molecular weight excluding hydrogens is 1000 g/mol. The van der Waals surface area contributed by atoms with Gasteiger partial charge in [-0.05, 0) is 91.9 Å². The van der Waals surface area contributed by atoms with E-state index in [4.69, 9.17) is 4.74 Å². The van der Waals surface area contributed by atoms with E-state index in [1.165, 1.54) is 0 Å². The van der Waals surface area contributed by atoms with Gasteiger partial charge in [0.05, 0.1) is 20.8 Å². The summed E-state index contributed by atoms with van der Waals surface area (Å²) in [7, 11) is -7.73. The fraction of sp³-hybridized carbons (Fsp3) is 0.364. The number of ether oxygens (including phenoxy) is 1. The molecule has 0 aliphatic carbocycles. The molecule has 0 spiro atoms. The lowest BCUT2D eigenvalue weighted by molar-refractivity contribution is 0.0240. The Morgan fingerprint density at radius 2 is 0.973 bits per heavy atom. The Balaban J connectivity index is 0.000000212. The maximum Gasteiger partial charge on any atom is 0.410 e. The number of nitrogens with one attached hydrogen (secondary N) is 1. The zero-order valence-corrected chi connectivity index (χ0v) is 45.8. The number of sulfone groups is 2. The van der Waals surface area contributed by atoms with E-state index in [-0.39, 0.29) is 45.9 Å². The largest absolute Gasteiger partial charge is 0.444 e. The van der Waals surface area contributed by atoms with Crippen LogP contribution in [-0.2, 0) is 37.5 Å². The Kier molecular flexibility index (Phi) is 16.7. The Morgan fingerprint density at radius 3 is 1.40 bits per heavy atom. The van der Waals surface area contributed by atoms with Crippen LogP contribution in [0.25, 0.3) is 43.4 Å². The van der Waals surface area contributed by atoms with Crippen LogP contribution in [0.3, 0.4) is 0 Å². The summed E-state index contributed by atoms with van der Waals surface area (Å²) in [6.45, 7) is 21.2. The van der Waals surface area contributed by atoms with E-state index in [9.17, 15) is 21.6 Å². The number of halogens is 2. The lowest BCUT2D eigenvalue weighted by Crippen LogP contribution is -2.50. The van der Waals surface area contributed by atoms with E-state index < -0.39 is 25.3 Å². The fourth-order valence-corrected chi connectivity index (χ4v) is 12.7. The van der Waals surface area contributed by atoms with E-state index in [2.05, 4.69) is 59.1 Å². The summed E-state index contributed by atoms with van der Waals surface area (Å²) in [6, 6.07) is 37.9. The summed E-state index contributed by atoms with van der Waals surface area (Å²) < 4.78 is 65.3. The van der Waals surface area contributed by atoms with Crippen LogP contribution in [0.1, 0.15) is 48.5 Å². The molecule has 14 nitrogen and oxygen atoms in total. The molecule has 10 rings (SSSR count). The second-order valence-corrected chi connectivity index (χ2v) is 24.0. The molecule has 2 aliphatic rings. The third-order valence-corrected chi connectivity index (χ3v) is 16.3. The average molecular weight is 1070 g/mol. The van der Waals surface area contributed by atoms with Gasteiger partial charge in [0.25, 0.3) is 0 Å². The van der Waals surface area contributed by atoms with Gasteiger partial charge in [-0.1, -0.05) is 100 Å². The fourth-order valence-electron chi connectivity index (χ4n) is 9.50. The molecule has 0 radical (unpaired) electrons. The van der Waals surface area contributed by atoms with Crippen molar-refractivity contribution >= 4 is 105 Å². The highest BCUT2D eigenvalue weighted by atomic mass is 35.5. The molecule has 2 fully saturated rings. The molecule has 2 aliphatic heterocycles. The van der Waals surface area contributed by atoms with Crippen molar-refractivity contribution in [1.82, 2.24) is 29.8 Å². The number of aromatic nitrogens is 4. The van der Waals surface area contributed by atoms with E-state index in [0.717, 1.165) is 64.7 Å². The van der Waals surface area contributed by atoms with Crippen molar-refractivity contribution in [3.05, 3.63) is 121 Å². The maximum absolute atomic E-state index is 14.1. The third-order valence-electron chi connectivity index (χ3n) is 12.8. The van der Waals surface area contributed by atoms with Gasteiger partial charge in [-0.25, -0.2) is 21.6 Å². The highest BCUT2D eigenvalue weighted by Gasteiger charge is 2.31. The predicted molar refractivity (Wildman–Crippen MR) is 298 cm³/mol. The Labute approximate surface area is 441 Å². The number of piperazine rings is 2. The number of nitrogens with zero attached hydrogens (tertiary/aromatic N) is 7. The monoisotopic (exact) mass is 1070 g/mol. The van der Waals surface area contributed by atoms with Crippen molar-refractivity contribution < 1.29 is 26.4 Å². The number of carbonyl (C=O) groups is 1. The second kappa shape index (κ2) is 22.3. The number of hydrogen-bond donors (Lipinski definition) is 1. The average Bonchev–Trinajstić information content (AvgIpc) is 3.91. The lowest BCUT2D eigenvalue weighted by Gasteiger charge is -2.36. The SMILES string of the molecule is CC(C)Cn1nc(S(=O)(=O)c2cccc3ccccc23)c2cc(N3CCN(C(=O)OC(C)(C)C)CC3)ccc21.CC(C)Cn1nc(S(=O)(=O)c2cccc3ccccc23)c2cc(N3CCNCC3)ccc21.Cl.Cl. The molecule has 8 aromatic rings. The minimum absolute atomic E-state index is 0. The first-order valence-corrected chi connectivity index (χ1v) is 27.5. The van der Waals surface area contributed by atoms with Gasteiger partial charge in [0, 0.05) is 98.4 Å². The Bertz CT molecular complexity index is 3480. The van der Waals surface area contributed by atoms with Crippen LogP contribution in [0.4, 0.5) is 16.2 Å². The maximum atomic E-state index is 14.1. The minimum atomic E-state index is -3.91. The molecule has 6 aromatic carbocycles. The van der Waals surface area contributed by atoms with Gasteiger partial charge >= 0.3 is 6.09 Å². The number of benzene rings is 6. The van der Waals surface area contributed by atoms with Crippen LogP contribution < -0.4 is 15.1 Å². The van der Waals surface area contributed by atoms with Crippen molar-refractivity contribution in [2.24, 2.45) is 11.8 Å². The molecule has 73 heavy (non-hydrogen) atoms. The van der Waals surface area contributed by atoms with Crippen molar-refractivity contribution in [3.63, 3.8) is 0 Å². The number of rotatable bonds is 10. The van der Waals surface area contributed by atoms with Crippen molar-refractivity contribution in [2.45, 2.75) is 87.0 Å². The number of hydrogen-bond acceptors (Lipinski definition) is 11. The normalized spacial score (nSPS) is 14.6. The summed E-state index contributed by atoms with van der Waals surface area (Å²) in [5.74, 6) is 0.640. The van der Waals surface area contributed by atoms with Crippen molar-refractivity contribution in [1.29, 1.82) is 0 Å². The quantitative estimate of drug-likeness (QED) is 0.139. The molecule has 388 valence electrons. The molecule has 0 bridgehead atoms. The van der Waals surface area contributed by atoms with Crippen molar-refractivity contribution in [3.8, 4) is 0 Å². The molecule has 2 aromatic heterocycles. The summed E-state index contributed by atoms with van der Waals surface area (Å²) in [5.41, 5.74) is 3.05. The summed E-state index contributed by atoms with van der Waals surface area (Å²) in [4.78, 5) is 19.3. The van der Waals surface area contributed by atoms with Gasteiger partial charge < -0.3 is 24.8 Å². The minimum Gasteiger partial charge on any atom is -0.444 e. The molecule has 0 unspecified atom stereocenters. The van der Waals surface area contributed by atoms with Crippen molar-refractivity contribution in [2.75, 3.05) is 62.2 Å². The summed E-state index contributed by atoms with van der Waals surface area (Å²) >= 11 is 0. The van der Waals surface area contributed by atoms with Gasteiger partial charge in [0.15, 0.2) is 10.1 Å². The first-order chi connectivity index (χ1) is 33.9. The van der Waals surface area contributed by atoms with Crippen LogP contribution in [-0.4, -0.2) is 105 Å².